The van der Waals surface area contributed by atoms with Gasteiger partial charge in [-0.15, -0.1) is 0 Å². The van der Waals surface area contributed by atoms with Gasteiger partial charge in [-0.1, -0.05) is 12.1 Å². The van der Waals surface area contributed by atoms with Crippen molar-refractivity contribution < 1.29 is 14.3 Å². The highest BCUT2D eigenvalue weighted by molar-refractivity contribution is 5.98. The molecule has 1 saturated heterocycles. The first-order valence-electron chi connectivity index (χ1n) is 5.57. The van der Waals surface area contributed by atoms with Crippen molar-refractivity contribution in [3.8, 4) is 5.75 Å². The Bertz CT molecular complexity index is 367. The molecule has 0 bridgehead atoms. The average Bonchev–Trinajstić information content (AvgIpc) is 2.39. The molecule has 1 aliphatic rings. The molecule has 0 radical (unpaired) electrons. The summed E-state index contributed by atoms with van der Waals surface area (Å²) in [5.74, 6) is 0.905. The summed E-state index contributed by atoms with van der Waals surface area (Å²) in [6.07, 6.45) is 1.90. The minimum absolute atomic E-state index is 0.0147. The molecule has 3 heteroatoms. The van der Waals surface area contributed by atoms with Crippen LogP contribution in [0.15, 0.2) is 24.3 Å². The molecule has 2 rings (SSSR count). The minimum atomic E-state index is 0.0147. The third kappa shape index (κ3) is 2.42. The first-order chi connectivity index (χ1) is 7.81. The van der Waals surface area contributed by atoms with Crippen LogP contribution >= 0.6 is 0 Å². The van der Waals surface area contributed by atoms with Crippen molar-refractivity contribution >= 4 is 5.78 Å². The molecular weight excluding hydrogens is 204 g/mol. The van der Waals surface area contributed by atoms with Gasteiger partial charge in [-0.2, -0.15) is 0 Å². The van der Waals surface area contributed by atoms with Crippen LogP contribution in [0.1, 0.15) is 23.2 Å². The summed E-state index contributed by atoms with van der Waals surface area (Å²) in [5, 5.41) is 0. The molecular formula is C13H16O3. The standard InChI is InChI=1S/C13H16O3/c1-15-12-6-2-4-10(8-12)13(14)11-5-3-7-16-9-11/h2,4,6,8,11H,3,5,7,9H2,1H3. The quantitative estimate of drug-likeness (QED) is 0.733. The monoisotopic (exact) mass is 220 g/mol. The van der Waals surface area contributed by atoms with E-state index in [0.717, 1.165) is 30.8 Å². The highest BCUT2D eigenvalue weighted by atomic mass is 16.5. The molecule has 0 N–H and O–H groups in total. The van der Waals surface area contributed by atoms with E-state index in [0.29, 0.717) is 6.61 Å². The lowest BCUT2D eigenvalue weighted by Gasteiger charge is -2.20. The molecule has 3 nitrogen and oxygen atoms in total. The minimum Gasteiger partial charge on any atom is -0.497 e. The predicted molar refractivity (Wildman–Crippen MR) is 60.9 cm³/mol. The molecule has 1 aromatic carbocycles. The van der Waals surface area contributed by atoms with E-state index in [1.54, 1.807) is 13.2 Å². The average molecular weight is 220 g/mol. The molecule has 16 heavy (non-hydrogen) atoms. The highest BCUT2D eigenvalue weighted by Crippen LogP contribution is 2.21. The van der Waals surface area contributed by atoms with Gasteiger partial charge in [0.25, 0.3) is 0 Å². The lowest BCUT2D eigenvalue weighted by atomic mass is 9.93. The van der Waals surface area contributed by atoms with Gasteiger partial charge in [-0.3, -0.25) is 4.79 Å². The molecule has 1 atom stereocenters. The van der Waals surface area contributed by atoms with Crippen LogP contribution in [0.4, 0.5) is 0 Å². The Morgan fingerprint density at radius 1 is 1.50 bits per heavy atom. The topological polar surface area (TPSA) is 35.5 Å². The Hall–Kier alpha value is -1.35. The molecule has 1 fully saturated rings. The van der Waals surface area contributed by atoms with Crippen LogP contribution in [0.3, 0.4) is 0 Å². The number of hydrogen-bond donors (Lipinski definition) is 0. The lowest BCUT2D eigenvalue weighted by molar-refractivity contribution is 0.0461. The van der Waals surface area contributed by atoms with Crippen molar-refractivity contribution in [1.29, 1.82) is 0 Å². The third-order valence-corrected chi connectivity index (χ3v) is 2.89. The first-order valence-corrected chi connectivity index (χ1v) is 5.57. The molecule has 1 aliphatic heterocycles. The second-order valence-corrected chi connectivity index (χ2v) is 4.01. The summed E-state index contributed by atoms with van der Waals surface area (Å²) in [7, 11) is 1.60. The number of ketones is 1. The van der Waals surface area contributed by atoms with Crippen molar-refractivity contribution in [3.63, 3.8) is 0 Å². The van der Waals surface area contributed by atoms with Gasteiger partial charge in [0.15, 0.2) is 5.78 Å². The summed E-state index contributed by atoms with van der Waals surface area (Å²) in [4.78, 5) is 12.1. The van der Waals surface area contributed by atoms with Gasteiger partial charge >= 0.3 is 0 Å². The zero-order chi connectivity index (χ0) is 11.4. The maximum Gasteiger partial charge on any atom is 0.168 e. The van der Waals surface area contributed by atoms with Crippen LogP contribution in [0.2, 0.25) is 0 Å². The van der Waals surface area contributed by atoms with Crippen molar-refractivity contribution in [3.05, 3.63) is 29.8 Å². The third-order valence-electron chi connectivity index (χ3n) is 2.89. The van der Waals surface area contributed by atoms with Crippen molar-refractivity contribution in [2.45, 2.75) is 12.8 Å². The zero-order valence-electron chi connectivity index (χ0n) is 9.44. The normalized spacial score (nSPS) is 20.4. The van der Waals surface area contributed by atoms with E-state index in [1.807, 2.05) is 18.2 Å². The fourth-order valence-electron chi connectivity index (χ4n) is 1.96. The van der Waals surface area contributed by atoms with Crippen molar-refractivity contribution in [2.24, 2.45) is 5.92 Å². The zero-order valence-corrected chi connectivity index (χ0v) is 9.44. The summed E-state index contributed by atoms with van der Waals surface area (Å²) in [6, 6.07) is 7.31. The number of carbonyl (C=O) groups excluding carboxylic acids is 1. The SMILES string of the molecule is COc1cccc(C(=O)C2CCCOC2)c1. The van der Waals surface area contributed by atoms with E-state index in [-0.39, 0.29) is 11.7 Å². The van der Waals surface area contributed by atoms with E-state index in [1.165, 1.54) is 0 Å². The summed E-state index contributed by atoms with van der Waals surface area (Å²) in [6.45, 7) is 1.33. The smallest absolute Gasteiger partial charge is 0.168 e. The van der Waals surface area contributed by atoms with Crippen LogP contribution in [0.5, 0.6) is 5.75 Å². The van der Waals surface area contributed by atoms with Crippen LogP contribution in [-0.4, -0.2) is 26.1 Å². The largest absolute Gasteiger partial charge is 0.497 e. The van der Waals surface area contributed by atoms with Gasteiger partial charge in [0.2, 0.25) is 0 Å². The number of rotatable bonds is 3. The van der Waals surface area contributed by atoms with Crippen molar-refractivity contribution in [2.75, 3.05) is 20.3 Å². The van der Waals surface area contributed by atoms with Crippen LogP contribution in [0.25, 0.3) is 0 Å². The number of ether oxygens (including phenoxy) is 2. The first kappa shape index (κ1) is 11.1. The summed E-state index contributed by atoms with van der Waals surface area (Å²) >= 11 is 0. The number of hydrogen-bond acceptors (Lipinski definition) is 3. The van der Waals surface area contributed by atoms with Crippen LogP contribution in [-0.2, 0) is 4.74 Å². The van der Waals surface area contributed by atoms with E-state index < -0.39 is 0 Å². The molecule has 0 saturated carbocycles. The second-order valence-electron chi connectivity index (χ2n) is 4.01. The molecule has 0 aliphatic carbocycles. The van der Waals surface area contributed by atoms with Gasteiger partial charge in [0, 0.05) is 18.1 Å². The fraction of sp³-hybridized carbons (Fsp3) is 0.462. The van der Waals surface area contributed by atoms with Gasteiger partial charge < -0.3 is 9.47 Å². The molecule has 0 spiro atoms. The van der Waals surface area contributed by atoms with E-state index >= 15 is 0 Å². The Labute approximate surface area is 95.4 Å². The summed E-state index contributed by atoms with van der Waals surface area (Å²) in [5.41, 5.74) is 0.717. The lowest BCUT2D eigenvalue weighted by Crippen LogP contribution is -2.25. The Morgan fingerprint density at radius 3 is 3.06 bits per heavy atom. The van der Waals surface area contributed by atoms with Gasteiger partial charge in [0.1, 0.15) is 5.75 Å². The van der Waals surface area contributed by atoms with Gasteiger partial charge in [-0.25, -0.2) is 0 Å². The van der Waals surface area contributed by atoms with Crippen LogP contribution < -0.4 is 4.74 Å². The second kappa shape index (κ2) is 5.12. The molecule has 0 aromatic heterocycles. The number of Topliss-reactive ketones (excluding diaryl/α,β-unsaturated/α-hetero) is 1. The maximum atomic E-state index is 12.1. The number of methoxy groups -OCH3 is 1. The Kier molecular flexibility index (Phi) is 3.57. The van der Waals surface area contributed by atoms with E-state index in [2.05, 4.69) is 0 Å². The summed E-state index contributed by atoms with van der Waals surface area (Å²) < 4.78 is 10.4. The molecule has 1 heterocycles. The maximum absolute atomic E-state index is 12.1. The predicted octanol–water partition coefficient (Wildman–Crippen LogP) is 2.30. The molecule has 1 unspecified atom stereocenters. The molecule has 86 valence electrons. The molecule has 0 amide bonds. The van der Waals surface area contributed by atoms with E-state index in [9.17, 15) is 4.79 Å². The molecule has 1 aromatic rings. The van der Waals surface area contributed by atoms with E-state index in [4.69, 9.17) is 9.47 Å². The number of carbonyl (C=O) groups is 1. The van der Waals surface area contributed by atoms with Gasteiger partial charge in [-0.05, 0) is 25.0 Å². The Morgan fingerprint density at radius 2 is 2.38 bits per heavy atom. The van der Waals surface area contributed by atoms with Gasteiger partial charge in [0.05, 0.1) is 13.7 Å². The fourth-order valence-corrected chi connectivity index (χ4v) is 1.96. The Balaban J connectivity index is 2.12. The highest BCUT2D eigenvalue weighted by Gasteiger charge is 2.23. The number of benzene rings is 1. The van der Waals surface area contributed by atoms with Crippen LogP contribution in [0, 0.1) is 5.92 Å². The van der Waals surface area contributed by atoms with Crippen molar-refractivity contribution in [1.82, 2.24) is 0 Å².